The zero-order valence-corrected chi connectivity index (χ0v) is 27.0. The van der Waals surface area contributed by atoms with Gasteiger partial charge in [-0.15, -0.1) is 0 Å². The molecule has 0 aromatic heterocycles. The second kappa shape index (κ2) is 29.2. The van der Waals surface area contributed by atoms with Gasteiger partial charge in [0.15, 0.2) is 5.78 Å². The van der Waals surface area contributed by atoms with Gasteiger partial charge in [-0.05, 0) is 63.0 Å². The highest BCUT2D eigenvalue weighted by molar-refractivity contribution is 7.98. The minimum Gasteiger partial charge on any atom is -0.464 e. The van der Waals surface area contributed by atoms with Gasteiger partial charge in [0.2, 0.25) is 0 Å². The average molecular weight is 607 g/mol. The molecule has 0 fully saturated rings. The van der Waals surface area contributed by atoms with E-state index in [0.717, 1.165) is 63.0 Å². The molecule has 0 aliphatic rings. The van der Waals surface area contributed by atoms with Crippen molar-refractivity contribution in [2.24, 2.45) is 5.73 Å². The normalized spacial score (nSPS) is 13.1. The standard InChI is InChI=1S/C37H54N2O3S/c1-2-3-4-5-6-7-8-9-10-11-12-13-14-15-16-17-21-24-36(40)27-25-35(38)26-28-37(41)42-31-29-39-30-32-43-33-34-22-19-18-20-23-34/h3-4,6-7,9-10,12-13,15-16,18-20,22-23,25,27,35,39H,2,5,8,11,14,17,21,24,26,28-33,38H2,1H3. The van der Waals surface area contributed by atoms with Gasteiger partial charge in [0.1, 0.15) is 6.61 Å². The number of hydrogen-bond acceptors (Lipinski definition) is 6. The molecule has 0 aliphatic carbocycles. The highest BCUT2D eigenvalue weighted by Gasteiger charge is 2.06. The van der Waals surface area contributed by atoms with Crippen molar-refractivity contribution < 1.29 is 14.3 Å². The third-order valence-corrected chi connectivity index (χ3v) is 7.27. The SMILES string of the molecule is CCC=CCC=CCC=CCC=CCC=CCCCC(=O)C=CC(N)CCC(=O)OCCNCCSCc1ccccc1. The molecule has 0 heterocycles. The van der Waals surface area contributed by atoms with Crippen LogP contribution in [-0.2, 0) is 20.1 Å². The summed E-state index contributed by atoms with van der Waals surface area (Å²) in [6.07, 6.45) is 32.9. The molecule has 1 unspecified atom stereocenters. The molecule has 1 aromatic carbocycles. The predicted molar refractivity (Wildman–Crippen MR) is 186 cm³/mol. The van der Waals surface area contributed by atoms with Crippen molar-refractivity contribution in [2.45, 2.75) is 82.9 Å². The van der Waals surface area contributed by atoms with Crippen LogP contribution in [0.25, 0.3) is 0 Å². The maximum atomic E-state index is 12.1. The lowest BCUT2D eigenvalue weighted by Gasteiger charge is -2.08. The number of ketones is 1. The van der Waals surface area contributed by atoms with Gasteiger partial charge < -0.3 is 15.8 Å². The van der Waals surface area contributed by atoms with Crippen LogP contribution >= 0.6 is 11.8 Å². The fourth-order valence-electron chi connectivity index (χ4n) is 3.80. The molecule has 0 radical (unpaired) electrons. The van der Waals surface area contributed by atoms with Crippen molar-refractivity contribution in [3.8, 4) is 0 Å². The van der Waals surface area contributed by atoms with Gasteiger partial charge in [0, 0.05) is 43.5 Å². The second-order valence-electron chi connectivity index (χ2n) is 10.1. The molecule has 5 nitrogen and oxygen atoms in total. The maximum Gasteiger partial charge on any atom is 0.305 e. The Balaban J connectivity index is 1.96. The van der Waals surface area contributed by atoms with E-state index in [9.17, 15) is 9.59 Å². The number of rotatable bonds is 26. The largest absolute Gasteiger partial charge is 0.464 e. The lowest BCUT2D eigenvalue weighted by Crippen LogP contribution is -2.24. The van der Waals surface area contributed by atoms with Crippen LogP contribution in [0.15, 0.2) is 103 Å². The van der Waals surface area contributed by atoms with Crippen molar-refractivity contribution >= 4 is 23.5 Å². The van der Waals surface area contributed by atoms with Gasteiger partial charge in [-0.2, -0.15) is 11.8 Å². The second-order valence-corrected chi connectivity index (χ2v) is 11.2. The molecule has 1 atom stereocenters. The minimum atomic E-state index is -0.331. The summed E-state index contributed by atoms with van der Waals surface area (Å²) in [6, 6.07) is 10.1. The Morgan fingerprint density at radius 3 is 2.14 bits per heavy atom. The summed E-state index contributed by atoms with van der Waals surface area (Å²) < 4.78 is 5.26. The quantitative estimate of drug-likeness (QED) is 0.0479. The number of carbonyl (C=O) groups excluding carboxylic acids is 2. The summed E-state index contributed by atoms with van der Waals surface area (Å²) in [5.74, 6) is 1.82. The number of nitrogens with two attached hydrogens (primary N) is 1. The molecule has 236 valence electrons. The summed E-state index contributed by atoms with van der Waals surface area (Å²) in [7, 11) is 0. The van der Waals surface area contributed by atoms with E-state index in [0.29, 0.717) is 26.0 Å². The first-order chi connectivity index (χ1) is 21.1. The number of allylic oxidation sites excluding steroid dienone is 11. The summed E-state index contributed by atoms with van der Waals surface area (Å²) in [5.41, 5.74) is 7.37. The lowest BCUT2D eigenvalue weighted by atomic mass is 10.1. The Hall–Kier alpha value is -2.93. The number of hydrogen-bond donors (Lipinski definition) is 2. The van der Waals surface area contributed by atoms with Crippen LogP contribution in [0.4, 0.5) is 0 Å². The molecule has 6 heteroatoms. The van der Waals surface area contributed by atoms with E-state index in [-0.39, 0.29) is 24.2 Å². The smallest absolute Gasteiger partial charge is 0.305 e. The molecule has 0 bridgehead atoms. The van der Waals surface area contributed by atoms with Gasteiger partial charge in [-0.25, -0.2) is 0 Å². The molecular weight excluding hydrogens is 552 g/mol. The number of nitrogens with one attached hydrogen (secondary N) is 1. The molecule has 0 saturated carbocycles. The number of esters is 1. The van der Waals surface area contributed by atoms with Gasteiger partial charge in [0.25, 0.3) is 0 Å². The van der Waals surface area contributed by atoms with Gasteiger partial charge >= 0.3 is 5.97 Å². The van der Waals surface area contributed by atoms with Crippen LogP contribution in [0.5, 0.6) is 0 Å². The third-order valence-electron chi connectivity index (χ3n) is 6.24. The first-order valence-corrected chi connectivity index (χ1v) is 17.0. The van der Waals surface area contributed by atoms with E-state index in [1.807, 2.05) is 17.8 Å². The molecule has 0 spiro atoms. The van der Waals surface area contributed by atoms with Crippen LogP contribution in [0.3, 0.4) is 0 Å². The fourth-order valence-corrected chi connectivity index (χ4v) is 4.66. The third kappa shape index (κ3) is 26.4. The zero-order chi connectivity index (χ0) is 31.1. The van der Waals surface area contributed by atoms with Gasteiger partial charge in [0.05, 0.1) is 0 Å². The number of unbranched alkanes of at least 4 members (excludes halogenated alkanes) is 1. The summed E-state index contributed by atoms with van der Waals surface area (Å²) in [4.78, 5) is 24.0. The van der Waals surface area contributed by atoms with E-state index in [2.05, 4.69) is 97.3 Å². The van der Waals surface area contributed by atoms with Crippen LogP contribution in [0.2, 0.25) is 0 Å². The Morgan fingerprint density at radius 2 is 1.49 bits per heavy atom. The molecule has 1 aromatic rings. The number of thioether (sulfide) groups is 1. The highest BCUT2D eigenvalue weighted by atomic mass is 32.2. The zero-order valence-electron chi connectivity index (χ0n) is 26.2. The van der Waals surface area contributed by atoms with Crippen LogP contribution in [0.1, 0.15) is 76.7 Å². The van der Waals surface area contributed by atoms with Crippen molar-refractivity contribution in [3.63, 3.8) is 0 Å². The molecule has 43 heavy (non-hydrogen) atoms. The first-order valence-electron chi connectivity index (χ1n) is 15.8. The lowest BCUT2D eigenvalue weighted by molar-refractivity contribution is -0.143. The van der Waals surface area contributed by atoms with Crippen molar-refractivity contribution in [1.29, 1.82) is 0 Å². The van der Waals surface area contributed by atoms with E-state index in [4.69, 9.17) is 10.5 Å². The molecule has 3 N–H and O–H groups in total. The summed E-state index contributed by atoms with van der Waals surface area (Å²) in [6.45, 7) is 4.01. The van der Waals surface area contributed by atoms with E-state index in [1.54, 1.807) is 12.2 Å². The predicted octanol–water partition coefficient (Wildman–Crippen LogP) is 8.21. The first kappa shape index (κ1) is 38.1. The molecule has 0 aliphatic heterocycles. The monoisotopic (exact) mass is 606 g/mol. The molecule has 0 amide bonds. The van der Waals surface area contributed by atoms with E-state index in [1.165, 1.54) is 5.56 Å². The van der Waals surface area contributed by atoms with Crippen molar-refractivity contribution in [3.05, 3.63) is 109 Å². The van der Waals surface area contributed by atoms with Crippen LogP contribution in [-0.4, -0.2) is 43.2 Å². The Bertz CT molecular complexity index is 1010. The van der Waals surface area contributed by atoms with Crippen molar-refractivity contribution in [1.82, 2.24) is 5.32 Å². The number of ether oxygens (including phenoxy) is 1. The number of carbonyl (C=O) groups is 2. The van der Waals surface area contributed by atoms with Crippen molar-refractivity contribution in [2.75, 3.05) is 25.4 Å². The Morgan fingerprint density at radius 1 is 0.860 bits per heavy atom. The minimum absolute atomic E-state index is 0.0679. The van der Waals surface area contributed by atoms with Crippen LogP contribution < -0.4 is 11.1 Å². The Kier molecular flexibility index (Phi) is 25.8. The summed E-state index contributed by atoms with van der Waals surface area (Å²) in [5, 5.41) is 3.29. The number of benzene rings is 1. The Labute approximate surface area is 265 Å². The topological polar surface area (TPSA) is 81.4 Å². The van der Waals surface area contributed by atoms with Gasteiger partial charge in [-0.3, -0.25) is 9.59 Å². The van der Waals surface area contributed by atoms with E-state index < -0.39 is 0 Å². The fraction of sp³-hybridized carbons (Fsp3) is 0.459. The average Bonchev–Trinajstić information content (AvgIpc) is 3.02. The molecular formula is C37H54N2O3S. The maximum absolute atomic E-state index is 12.1. The van der Waals surface area contributed by atoms with Crippen LogP contribution in [0, 0.1) is 0 Å². The van der Waals surface area contributed by atoms with Gasteiger partial charge in [-0.1, -0.05) is 104 Å². The highest BCUT2D eigenvalue weighted by Crippen LogP contribution is 2.10. The molecule has 1 rings (SSSR count). The summed E-state index contributed by atoms with van der Waals surface area (Å²) >= 11 is 1.88. The van der Waals surface area contributed by atoms with E-state index >= 15 is 0 Å². The molecule has 0 saturated heterocycles.